The normalized spacial score (nSPS) is 15.0. The Hall–Kier alpha value is -4.93. The van der Waals surface area contributed by atoms with E-state index in [2.05, 4.69) is 33.6 Å². The molecule has 2 aliphatic rings. The van der Waals surface area contributed by atoms with Crippen LogP contribution in [0, 0.1) is 29.0 Å². The molecule has 6 heterocycles. The van der Waals surface area contributed by atoms with E-state index < -0.39 is 0 Å². The third-order valence-corrected chi connectivity index (χ3v) is 9.41. The molecule has 0 saturated carbocycles. The Labute approximate surface area is 263 Å². The first-order valence-electron chi connectivity index (χ1n) is 14.9. The Bertz CT molecular complexity index is 1900. The second kappa shape index (κ2) is 11.9. The summed E-state index contributed by atoms with van der Waals surface area (Å²) in [5.41, 5.74) is 4.67. The molecule has 11 nitrogen and oxygen atoms in total. The van der Waals surface area contributed by atoms with Crippen molar-refractivity contribution in [2.24, 2.45) is 11.8 Å². The number of likely N-dealkylation sites (tertiary alicyclic amines) is 1. The van der Waals surface area contributed by atoms with Crippen LogP contribution in [0.3, 0.4) is 0 Å². The standard InChI is InChI=1S/C32H31FN10OS/c1-3-25-29(41(2)32-40-28(26(10-34)45-32)20-4-7-24(33)8-5-20)43-18-21(6-9-27(43)39-25)22-14-37-31(38-15-22)36-11-19-16-42(17-19)30(44)23-12-35-13-23/h4-9,14-15,18-19,23,35H,3,11-13,16-17H2,1-2H3,(H,36,37,38). The first kappa shape index (κ1) is 28.8. The molecule has 2 aliphatic heterocycles. The van der Waals surface area contributed by atoms with Crippen LogP contribution < -0.4 is 15.5 Å². The number of amides is 1. The van der Waals surface area contributed by atoms with Crippen LogP contribution in [0.5, 0.6) is 0 Å². The smallest absolute Gasteiger partial charge is 0.228 e. The third kappa shape index (κ3) is 5.47. The van der Waals surface area contributed by atoms with Gasteiger partial charge in [0.15, 0.2) is 5.13 Å². The number of fused-ring (bicyclic) bond motifs is 1. The van der Waals surface area contributed by atoms with Gasteiger partial charge in [-0.1, -0.05) is 18.3 Å². The third-order valence-electron chi connectivity index (χ3n) is 8.37. The Morgan fingerprint density at radius 3 is 2.51 bits per heavy atom. The van der Waals surface area contributed by atoms with Gasteiger partial charge in [0.1, 0.15) is 33.9 Å². The SMILES string of the molecule is CCc1nc2ccc(-c3cnc(NCC4CN(C(=O)C5CNC5)C4)nc3)cn2c1N(C)c1nc(-c2ccc(F)cc2)c(C#N)s1. The topological polar surface area (TPSA) is 127 Å². The molecular weight excluding hydrogens is 591 g/mol. The molecule has 0 radical (unpaired) electrons. The summed E-state index contributed by atoms with van der Waals surface area (Å²) in [5.74, 6) is 1.86. The van der Waals surface area contributed by atoms with Gasteiger partial charge in [0, 0.05) is 81.0 Å². The van der Waals surface area contributed by atoms with Gasteiger partial charge in [0.25, 0.3) is 0 Å². The van der Waals surface area contributed by atoms with Gasteiger partial charge in [-0.2, -0.15) is 5.26 Å². The summed E-state index contributed by atoms with van der Waals surface area (Å²) in [4.78, 5) is 35.4. The Balaban J connectivity index is 1.09. The second-order valence-electron chi connectivity index (χ2n) is 11.4. The first-order chi connectivity index (χ1) is 21.9. The number of thiazole rings is 1. The van der Waals surface area contributed by atoms with E-state index in [9.17, 15) is 14.4 Å². The summed E-state index contributed by atoms with van der Waals surface area (Å²) in [6, 6.07) is 12.2. The number of anilines is 3. The number of carbonyl (C=O) groups is 1. The maximum atomic E-state index is 13.5. The predicted octanol–water partition coefficient (Wildman–Crippen LogP) is 4.35. The summed E-state index contributed by atoms with van der Waals surface area (Å²) in [6.45, 7) is 5.90. The highest BCUT2D eigenvalue weighted by Crippen LogP contribution is 2.37. The minimum absolute atomic E-state index is 0.144. The summed E-state index contributed by atoms with van der Waals surface area (Å²) >= 11 is 1.28. The van der Waals surface area contributed by atoms with Gasteiger partial charge in [0.05, 0.1) is 11.6 Å². The van der Waals surface area contributed by atoms with E-state index in [4.69, 9.17) is 9.97 Å². The number of imidazole rings is 1. The highest BCUT2D eigenvalue weighted by Gasteiger charge is 2.36. The predicted molar refractivity (Wildman–Crippen MR) is 171 cm³/mol. The van der Waals surface area contributed by atoms with Crippen molar-refractivity contribution in [3.8, 4) is 28.5 Å². The number of hydrogen-bond acceptors (Lipinski definition) is 10. The lowest BCUT2D eigenvalue weighted by molar-refractivity contribution is -0.143. The van der Waals surface area contributed by atoms with Crippen LogP contribution in [0.25, 0.3) is 28.0 Å². The quantitative estimate of drug-likeness (QED) is 0.247. The number of aromatic nitrogens is 5. The maximum absolute atomic E-state index is 13.5. The minimum Gasteiger partial charge on any atom is -0.354 e. The molecule has 0 aliphatic carbocycles. The average molecular weight is 623 g/mol. The number of benzene rings is 1. The van der Waals surface area contributed by atoms with Gasteiger partial charge in [-0.25, -0.2) is 24.3 Å². The zero-order valence-corrected chi connectivity index (χ0v) is 25.7. The van der Waals surface area contributed by atoms with E-state index >= 15 is 0 Å². The average Bonchev–Trinajstić information content (AvgIpc) is 3.61. The summed E-state index contributed by atoms with van der Waals surface area (Å²) in [5, 5.41) is 16.9. The van der Waals surface area contributed by atoms with Crippen LogP contribution in [0.4, 0.5) is 21.3 Å². The number of carbonyl (C=O) groups excluding carboxylic acids is 1. The van der Waals surface area contributed by atoms with E-state index in [1.807, 2.05) is 39.6 Å². The van der Waals surface area contributed by atoms with Crippen LogP contribution >= 0.6 is 11.3 Å². The molecule has 228 valence electrons. The summed E-state index contributed by atoms with van der Waals surface area (Å²) < 4.78 is 15.6. The van der Waals surface area contributed by atoms with Crippen LogP contribution in [0.1, 0.15) is 17.5 Å². The van der Waals surface area contributed by atoms with Crippen molar-refractivity contribution in [1.29, 1.82) is 5.26 Å². The molecule has 5 aromatic rings. The maximum Gasteiger partial charge on any atom is 0.228 e. The van der Waals surface area contributed by atoms with Gasteiger partial charge in [-0.05, 0) is 42.8 Å². The van der Waals surface area contributed by atoms with Crippen LogP contribution in [-0.2, 0) is 11.2 Å². The molecule has 7 rings (SSSR count). The number of rotatable bonds is 9. The molecule has 2 fully saturated rings. The number of nitrogens with zero attached hydrogens (tertiary/aromatic N) is 8. The number of aryl methyl sites for hydroxylation is 1. The largest absolute Gasteiger partial charge is 0.354 e. The molecule has 0 unspecified atom stereocenters. The molecule has 45 heavy (non-hydrogen) atoms. The number of hydrogen-bond donors (Lipinski definition) is 2. The minimum atomic E-state index is -0.341. The van der Waals surface area contributed by atoms with Crippen LogP contribution in [-0.4, -0.2) is 74.9 Å². The fraction of sp³-hybridized carbons (Fsp3) is 0.312. The van der Waals surface area contributed by atoms with E-state index in [1.54, 1.807) is 24.5 Å². The molecule has 0 bridgehead atoms. The van der Waals surface area contributed by atoms with Gasteiger partial charge in [-0.3, -0.25) is 9.20 Å². The molecule has 1 amide bonds. The summed E-state index contributed by atoms with van der Waals surface area (Å²) in [6.07, 6.45) is 6.31. The number of nitriles is 1. The van der Waals surface area contributed by atoms with Crippen molar-refractivity contribution in [2.75, 3.05) is 50.0 Å². The highest BCUT2D eigenvalue weighted by molar-refractivity contribution is 7.16. The fourth-order valence-corrected chi connectivity index (χ4v) is 6.52. The molecular formula is C32H31FN10OS. The number of nitrogens with one attached hydrogen (secondary N) is 2. The van der Waals surface area contributed by atoms with Crippen molar-refractivity contribution in [3.63, 3.8) is 0 Å². The lowest BCUT2D eigenvalue weighted by atomic mass is 9.94. The Morgan fingerprint density at radius 2 is 1.84 bits per heavy atom. The molecule has 1 aromatic carbocycles. The van der Waals surface area contributed by atoms with E-state index in [-0.39, 0.29) is 17.6 Å². The number of halogens is 1. The second-order valence-corrected chi connectivity index (χ2v) is 12.4. The monoisotopic (exact) mass is 622 g/mol. The lowest BCUT2D eigenvalue weighted by Crippen LogP contribution is -2.59. The molecule has 0 atom stereocenters. The Kier molecular flexibility index (Phi) is 7.60. The zero-order valence-electron chi connectivity index (χ0n) is 24.9. The van der Waals surface area contributed by atoms with E-state index in [0.29, 0.717) is 39.6 Å². The van der Waals surface area contributed by atoms with Crippen LogP contribution in [0.2, 0.25) is 0 Å². The van der Waals surface area contributed by atoms with Gasteiger partial charge >= 0.3 is 0 Å². The van der Waals surface area contributed by atoms with Gasteiger partial charge in [-0.15, -0.1) is 0 Å². The fourth-order valence-electron chi connectivity index (χ4n) is 5.67. The summed E-state index contributed by atoms with van der Waals surface area (Å²) in [7, 11) is 1.91. The molecule has 2 N–H and O–H groups in total. The molecule has 13 heteroatoms. The van der Waals surface area contributed by atoms with Crippen molar-refractivity contribution in [1.82, 2.24) is 34.6 Å². The molecule has 0 spiro atoms. The van der Waals surface area contributed by atoms with Gasteiger partial charge in [0.2, 0.25) is 11.9 Å². The highest BCUT2D eigenvalue weighted by atomic mass is 32.1. The van der Waals surface area contributed by atoms with Crippen LogP contribution in [0.15, 0.2) is 55.0 Å². The van der Waals surface area contributed by atoms with Gasteiger partial charge < -0.3 is 20.4 Å². The van der Waals surface area contributed by atoms with Crippen molar-refractivity contribution < 1.29 is 9.18 Å². The molecule has 2 saturated heterocycles. The first-order valence-corrected chi connectivity index (χ1v) is 15.7. The zero-order chi connectivity index (χ0) is 31.1. The van der Waals surface area contributed by atoms with E-state index in [1.165, 1.54) is 23.5 Å². The lowest BCUT2D eigenvalue weighted by Gasteiger charge is -2.42. The van der Waals surface area contributed by atoms with Crippen molar-refractivity contribution >= 4 is 39.8 Å². The Morgan fingerprint density at radius 1 is 1.11 bits per heavy atom. The van der Waals surface area contributed by atoms with Crippen molar-refractivity contribution in [2.45, 2.75) is 13.3 Å². The number of pyridine rings is 1. The van der Waals surface area contributed by atoms with E-state index in [0.717, 1.165) is 61.0 Å². The molecule has 4 aromatic heterocycles. The van der Waals surface area contributed by atoms with Crippen molar-refractivity contribution in [3.05, 3.63) is 71.4 Å².